The maximum atomic E-state index is 13.8. The number of nitrogens with two attached hydrogens (primary N) is 1. The molecule has 106 valence electrons. The molecule has 0 heterocycles. The number of benzene rings is 2. The summed E-state index contributed by atoms with van der Waals surface area (Å²) in [5.74, 6) is -0.508. The molecule has 1 nitrogen and oxygen atoms in total. The summed E-state index contributed by atoms with van der Waals surface area (Å²) in [5.41, 5.74) is 5.78. The Kier molecular flexibility index (Phi) is 4.15. The third-order valence-corrected chi connectivity index (χ3v) is 3.39. The fourth-order valence-corrected chi connectivity index (χ4v) is 2.15. The molecule has 0 spiro atoms. The van der Waals surface area contributed by atoms with E-state index in [4.69, 9.17) is 5.73 Å². The quantitative estimate of drug-likeness (QED) is 0.786. The van der Waals surface area contributed by atoms with Crippen molar-refractivity contribution < 1.29 is 17.6 Å². The van der Waals surface area contributed by atoms with Crippen molar-refractivity contribution in [3.8, 4) is 0 Å². The lowest BCUT2D eigenvalue weighted by Gasteiger charge is -2.15. The van der Waals surface area contributed by atoms with Crippen LogP contribution in [0.15, 0.2) is 46.9 Å². The molecule has 0 saturated heterocycles. The molecule has 0 aliphatic rings. The summed E-state index contributed by atoms with van der Waals surface area (Å²) in [5, 5.41) is 0. The van der Waals surface area contributed by atoms with Gasteiger partial charge in [-0.2, -0.15) is 13.2 Å². The first-order valence-electron chi connectivity index (χ1n) is 5.66. The van der Waals surface area contributed by atoms with Crippen molar-refractivity contribution in [2.75, 3.05) is 0 Å². The molecule has 1 unspecified atom stereocenters. The Hall–Kier alpha value is -1.40. The van der Waals surface area contributed by atoms with E-state index in [2.05, 4.69) is 15.9 Å². The van der Waals surface area contributed by atoms with E-state index < -0.39 is 23.6 Å². The summed E-state index contributed by atoms with van der Waals surface area (Å²) >= 11 is 3.13. The molecule has 0 aliphatic heterocycles. The third kappa shape index (κ3) is 3.19. The summed E-state index contributed by atoms with van der Waals surface area (Å²) in [4.78, 5) is 0. The lowest BCUT2D eigenvalue weighted by Crippen LogP contribution is -2.14. The average molecular weight is 348 g/mol. The second-order valence-electron chi connectivity index (χ2n) is 4.26. The molecule has 2 N–H and O–H groups in total. The summed E-state index contributed by atoms with van der Waals surface area (Å²) in [6.07, 6.45) is -4.40. The second kappa shape index (κ2) is 5.54. The van der Waals surface area contributed by atoms with Crippen molar-refractivity contribution >= 4 is 15.9 Å². The molecule has 2 aromatic carbocycles. The molecule has 2 rings (SSSR count). The number of halogens is 5. The van der Waals surface area contributed by atoms with Crippen LogP contribution in [0.4, 0.5) is 17.6 Å². The van der Waals surface area contributed by atoms with Crippen LogP contribution < -0.4 is 5.73 Å². The number of rotatable bonds is 2. The average Bonchev–Trinajstić information content (AvgIpc) is 2.37. The third-order valence-electron chi connectivity index (χ3n) is 2.89. The predicted octanol–water partition coefficient (Wildman–Crippen LogP) is 4.66. The van der Waals surface area contributed by atoms with Gasteiger partial charge in [-0.25, -0.2) is 4.39 Å². The highest BCUT2D eigenvalue weighted by Crippen LogP contribution is 2.31. The van der Waals surface area contributed by atoms with Gasteiger partial charge in [-0.15, -0.1) is 0 Å². The molecule has 0 saturated carbocycles. The first kappa shape index (κ1) is 15.0. The lowest BCUT2D eigenvalue weighted by molar-refractivity contribution is -0.137. The van der Waals surface area contributed by atoms with Gasteiger partial charge in [-0.05, 0) is 29.8 Å². The van der Waals surface area contributed by atoms with Crippen LogP contribution in [0.3, 0.4) is 0 Å². The second-order valence-corrected chi connectivity index (χ2v) is 5.18. The van der Waals surface area contributed by atoms with Crippen molar-refractivity contribution in [1.82, 2.24) is 0 Å². The Morgan fingerprint density at radius 3 is 2.10 bits per heavy atom. The topological polar surface area (TPSA) is 26.0 Å². The van der Waals surface area contributed by atoms with E-state index in [0.717, 1.165) is 12.1 Å². The van der Waals surface area contributed by atoms with E-state index in [1.165, 1.54) is 24.3 Å². The summed E-state index contributed by atoms with van der Waals surface area (Å²) in [6, 6.07) is 7.97. The fraction of sp³-hybridized carbons (Fsp3) is 0.143. The van der Waals surface area contributed by atoms with Gasteiger partial charge in [-0.1, -0.05) is 34.1 Å². The molecule has 0 amide bonds. The van der Waals surface area contributed by atoms with Crippen molar-refractivity contribution in [1.29, 1.82) is 0 Å². The molecule has 0 aromatic heterocycles. The van der Waals surface area contributed by atoms with Crippen LogP contribution in [0.2, 0.25) is 0 Å². The van der Waals surface area contributed by atoms with E-state index in [0.29, 0.717) is 10.0 Å². The number of hydrogen-bond acceptors (Lipinski definition) is 1. The molecular formula is C14H10BrF4N. The van der Waals surface area contributed by atoms with Gasteiger partial charge in [-0.3, -0.25) is 0 Å². The number of hydrogen-bond donors (Lipinski definition) is 1. The minimum absolute atomic E-state index is 0.230. The SMILES string of the molecule is NC(c1ccc(C(F)(F)F)cc1)c1ccc(Br)cc1F. The Labute approximate surface area is 121 Å². The van der Waals surface area contributed by atoms with Crippen molar-refractivity contribution in [2.24, 2.45) is 5.73 Å². The normalized spacial score (nSPS) is 13.3. The highest BCUT2D eigenvalue weighted by Gasteiger charge is 2.30. The van der Waals surface area contributed by atoms with Crippen LogP contribution in [-0.2, 0) is 6.18 Å². The van der Waals surface area contributed by atoms with Gasteiger partial charge in [0.2, 0.25) is 0 Å². The van der Waals surface area contributed by atoms with Gasteiger partial charge in [0.05, 0.1) is 11.6 Å². The highest BCUT2D eigenvalue weighted by atomic mass is 79.9. The molecule has 0 aliphatic carbocycles. The molecular weight excluding hydrogens is 338 g/mol. The maximum Gasteiger partial charge on any atom is 0.416 e. The maximum absolute atomic E-state index is 13.8. The van der Waals surface area contributed by atoms with Crippen LogP contribution in [-0.4, -0.2) is 0 Å². The highest BCUT2D eigenvalue weighted by molar-refractivity contribution is 9.10. The molecule has 0 bridgehead atoms. The first-order valence-corrected chi connectivity index (χ1v) is 6.46. The van der Waals surface area contributed by atoms with Gasteiger partial charge in [0, 0.05) is 10.0 Å². The zero-order valence-electron chi connectivity index (χ0n) is 10.1. The number of alkyl halides is 3. The van der Waals surface area contributed by atoms with Crippen molar-refractivity contribution in [2.45, 2.75) is 12.2 Å². The minimum Gasteiger partial charge on any atom is -0.320 e. The largest absolute Gasteiger partial charge is 0.416 e. The van der Waals surface area contributed by atoms with Crippen LogP contribution >= 0.6 is 15.9 Å². The zero-order chi connectivity index (χ0) is 14.9. The van der Waals surface area contributed by atoms with Gasteiger partial charge in [0.15, 0.2) is 0 Å². The Morgan fingerprint density at radius 2 is 1.60 bits per heavy atom. The predicted molar refractivity (Wildman–Crippen MR) is 71.6 cm³/mol. The lowest BCUT2D eigenvalue weighted by atomic mass is 9.98. The molecule has 6 heteroatoms. The minimum atomic E-state index is -4.40. The van der Waals surface area contributed by atoms with Crippen LogP contribution in [0.25, 0.3) is 0 Å². The van der Waals surface area contributed by atoms with Crippen LogP contribution in [0.5, 0.6) is 0 Å². The molecule has 0 fully saturated rings. The smallest absolute Gasteiger partial charge is 0.320 e. The van der Waals surface area contributed by atoms with Crippen molar-refractivity contribution in [3.05, 3.63) is 69.4 Å². The molecule has 1 atom stereocenters. The Balaban J connectivity index is 2.31. The van der Waals surface area contributed by atoms with Gasteiger partial charge >= 0.3 is 6.18 Å². The molecule has 20 heavy (non-hydrogen) atoms. The van der Waals surface area contributed by atoms with Crippen LogP contribution in [0, 0.1) is 5.82 Å². The molecule has 0 radical (unpaired) electrons. The van der Waals surface area contributed by atoms with E-state index in [9.17, 15) is 17.6 Å². The van der Waals surface area contributed by atoms with Gasteiger partial charge in [0.25, 0.3) is 0 Å². The van der Waals surface area contributed by atoms with E-state index in [-0.39, 0.29) is 5.56 Å². The van der Waals surface area contributed by atoms with E-state index in [1.807, 2.05) is 0 Å². The first-order chi connectivity index (χ1) is 9.29. The van der Waals surface area contributed by atoms with Crippen LogP contribution in [0.1, 0.15) is 22.7 Å². The Morgan fingerprint density at radius 1 is 1.00 bits per heavy atom. The summed E-state index contributed by atoms with van der Waals surface area (Å²) in [6.45, 7) is 0. The van der Waals surface area contributed by atoms with E-state index >= 15 is 0 Å². The standard InChI is InChI=1S/C14H10BrF4N/c15-10-5-6-11(12(16)7-10)13(20)8-1-3-9(4-2-8)14(17,18)19/h1-7,13H,20H2. The molecule has 2 aromatic rings. The summed E-state index contributed by atoms with van der Waals surface area (Å²) < 4.78 is 51.7. The van der Waals surface area contributed by atoms with Gasteiger partial charge < -0.3 is 5.73 Å². The van der Waals surface area contributed by atoms with Crippen molar-refractivity contribution in [3.63, 3.8) is 0 Å². The summed E-state index contributed by atoms with van der Waals surface area (Å²) in [7, 11) is 0. The van der Waals surface area contributed by atoms with E-state index in [1.54, 1.807) is 6.07 Å². The fourth-order valence-electron chi connectivity index (χ4n) is 1.81. The van der Waals surface area contributed by atoms with Gasteiger partial charge in [0.1, 0.15) is 5.82 Å². The monoisotopic (exact) mass is 347 g/mol. The Bertz CT molecular complexity index is 608. The zero-order valence-corrected chi connectivity index (χ0v) is 11.7.